The minimum Gasteiger partial charge on any atom is -0.348 e. The number of nitrogens with one attached hydrogen (secondary N) is 1. The van der Waals surface area contributed by atoms with E-state index in [1.807, 2.05) is 23.7 Å². The van der Waals surface area contributed by atoms with Gasteiger partial charge in [-0.25, -0.2) is 4.98 Å². The first-order valence-electron chi connectivity index (χ1n) is 9.68. The summed E-state index contributed by atoms with van der Waals surface area (Å²) in [6.07, 6.45) is 12.4. The SMILES string of the molecule is CN1C2CCCC1CC(NC(=O)C1=NN=C3CC(c4nccs4)=CC=C31)C2. The molecule has 1 N–H and O–H groups in total. The van der Waals surface area contributed by atoms with Crippen LogP contribution in [0.25, 0.3) is 5.57 Å². The van der Waals surface area contributed by atoms with E-state index in [0.717, 1.165) is 34.7 Å². The lowest BCUT2D eigenvalue weighted by atomic mass is 9.82. The van der Waals surface area contributed by atoms with Gasteiger partial charge in [0.25, 0.3) is 5.91 Å². The van der Waals surface area contributed by atoms with Crippen LogP contribution in [-0.2, 0) is 4.79 Å². The van der Waals surface area contributed by atoms with Crippen molar-refractivity contribution in [1.29, 1.82) is 0 Å². The average Bonchev–Trinajstić information content (AvgIpc) is 3.31. The van der Waals surface area contributed by atoms with Gasteiger partial charge in [-0.15, -0.1) is 16.4 Å². The highest BCUT2D eigenvalue weighted by molar-refractivity contribution is 7.10. The van der Waals surface area contributed by atoms with E-state index in [4.69, 9.17) is 0 Å². The number of hydrogen-bond donors (Lipinski definition) is 1. The fourth-order valence-electron chi connectivity index (χ4n) is 4.77. The molecular weight excluding hydrogens is 358 g/mol. The molecule has 1 aromatic rings. The Bertz CT molecular complexity index is 868. The zero-order chi connectivity index (χ0) is 18.4. The van der Waals surface area contributed by atoms with Crippen molar-refractivity contribution in [3.63, 3.8) is 0 Å². The van der Waals surface area contributed by atoms with Crippen LogP contribution in [-0.4, -0.2) is 52.4 Å². The number of nitrogens with zero attached hydrogens (tertiary/aromatic N) is 4. The van der Waals surface area contributed by atoms with Gasteiger partial charge in [0.15, 0.2) is 5.71 Å². The zero-order valence-corrected chi connectivity index (χ0v) is 16.2. The summed E-state index contributed by atoms with van der Waals surface area (Å²) in [4.78, 5) is 19.8. The number of thiazole rings is 1. The molecule has 0 radical (unpaired) electrons. The summed E-state index contributed by atoms with van der Waals surface area (Å²) in [5.74, 6) is -0.0845. The maximum Gasteiger partial charge on any atom is 0.272 e. The summed E-state index contributed by atoms with van der Waals surface area (Å²) in [5.41, 5.74) is 3.32. The fraction of sp³-hybridized carbons (Fsp3) is 0.500. The van der Waals surface area contributed by atoms with E-state index in [0.29, 0.717) is 24.2 Å². The topological polar surface area (TPSA) is 70.0 Å². The van der Waals surface area contributed by atoms with Crippen LogP contribution < -0.4 is 5.32 Å². The van der Waals surface area contributed by atoms with Crippen molar-refractivity contribution in [2.24, 2.45) is 10.2 Å². The minimum absolute atomic E-state index is 0.0845. The Labute approximate surface area is 162 Å². The fourth-order valence-corrected chi connectivity index (χ4v) is 5.43. The zero-order valence-electron chi connectivity index (χ0n) is 15.4. The van der Waals surface area contributed by atoms with E-state index in [1.54, 1.807) is 11.3 Å². The maximum absolute atomic E-state index is 12.9. The van der Waals surface area contributed by atoms with Gasteiger partial charge in [0.2, 0.25) is 0 Å². The largest absolute Gasteiger partial charge is 0.348 e. The molecule has 2 unspecified atom stereocenters. The molecule has 2 atom stereocenters. The Balaban J connectivity index is 1.28. The lowest BCUT2D eigenvalue weighted by molar-refractivity contribution is -0.116. The minimum atomic E-state index is -0.0845. The van der Waals surface area contributed by atoms with Crippen molar-refractivity contribution < 1.29 is 4.79 Å². The van der Waals surface area contributed by atoms with E-state index in [2.05, 4.69) is 32.5 Å². The van der Waals surface area contributed by atoms with Crippen molar-refractivity contribution in [2.45, 2.75) is 56.7 Å². The Kier molecular flexibility index (Phi) is 4.28. The van der Waals surface area contributed by atoms with Gasteiger partial charge < -0.3 is 10.2 Å². The summed E-state index contributed by atoms with van der Waals surface area (Å²) in [5, 5.41) is 14.7. The average molecular weight is 382 g/mol. The summed E-state index contributed by atoms with van der Waals surface area (Å²) in [6.45, 7) is 0. The smallest absolute Gasteiger partial charge is 0.272 e. The predicted octanol–water partition coefficient (Wildman–Crippen LogP) is 2.80. The summed E-state index contributed by atoms with van der Waals surface area (Å²) >= 11 is 1.62. The third kappa shape index (κ3) is 3.08. The lowest BCUT2D eigenvalue weighted by Gasteiger charge is -2.47. The molecular formula is C20H23N5OS. The van der Waals surface area contributed by atoms with Crippen molar-refractivity contribution in [2.75, 3.05) is 7.05 Å². The number of rotatable bonds is 3. The van der Waals surface area contributed by atoms with Gasteiger partial charge in [-0.3, -0.25) is 4.79 Å². The summed E-state index contributed by atoms with van der Waals surface area (Å²) in [7, 11) is 2.23. The van der Waals surface area contributed by atoms with Gasteiger partial charge in [0.05, 0.1) is 5.71 Å². The standard InChI is InChI=1S/C20H23N5OS/c1-25-14-3-2-4-15(25)11-13(10-14)22-19(26)18-16-6-5-12(9-17(16)23-24-18)20-21-7-8-27-20/h5-8,13-15H,2-4,9-11H2,1H3,(H,22,26). The second-order valence-corrected chi connectivity index (χ2v) is 8.72. The number of amides is 1. The third-order valence-corrected chi connectivity index (χ3v) is 7.09. The van der Waals surface area contributed by atoms with Crippen LogP contribution >= 0.6 is 11.3 Å². The van der Waals surface area contributed by atoms with Gasteiger partial charge >= 0.3 is 0 Å². The second-order valence-electron chi connectivity index (χ2n) is 7.83. The maximum atomic E-state index is 12.9. The number of piperidine rings is 2. The molecule has 3 aliphatic heterocycles. The Morgan fingerprint density at radius 1 is 1.22 bits per heavy atom. The highest BCUT2D eigenvalue weighted by Crippen LogP contribution is 2.33. The number of hydrogen-bond acceptors (Lipinski definition) is 6. The predicted molar refractivity (Wildman–Crippen MR) is 108 cm³/mol. The molecule has 7 heteroatoms. The Morgan fingerprint density at radius 3 is 2.78 bits per heavy atom. The normalized spacial score (nSPS) is 30.0. The number of aromatic nitrogens is 1. The number of carbonyl (C=O) groups excluding carboxylic acids is 1. The molecule has 1 amide bonds. The van der Waals surface area contributed by atoms with Crippen molar-refractivity contribution >= 4 is 34.2 Å². The quantitative estimate of drug-likeness (QED) is 0.875. The molecule has 2 fully saturated rings. The molecule has 4 aliphatic rings. The number of fused-ring (bicyclic) bond motifs is 3. The Morgan fingerprint density at radius 2 is 2.04 bits per heavy atom. The summed E-state index contributed by atoms with van der Waals surface area (Å²) in [6, 6.07) is 1.43. The molecule has 0 spiro atoms. The highest BCUT2D eigenvalue weighted by atomic mass is 32.1. The third-order valence-electron chi connectivity index (χ3n) is 6.24. The number of allylic oxidation sites excluding steroid dienone is 3. The van der Waals surface area contributed by atoms with Crippen LogP contribution in [0.4, 0.5) is 0 Å². The lowest BCUT2D eigenvalue weighted by Crippen LogP contribution is -2.56. The van der Waals surface area contributed by atoms with Crippen LogP contribution in [0.5, 0.6) is 0 Å². The van der Waals surface area contributed by atoms with Gasteiger partial charge in [0, 0.05) is 41.7 Å². The molecule has 140 valence electrons. The molecule has 1 aromatic heterocycles. The first kappa shape index (κ1) is 17.0. The monoisotopic (exact) mass is 381 g/mol. The van der Waals surface area contributed by atoms with Gasteiger partial charge in [0.1, 0.15) is 5.01 Å². The molecule has 0 aromatic carbocycles. The van der Waals surface area contributed by atoms with Crippen molar-refractivity contribution in [1.82, 2.24) is 15.2 Å². The van der Waals surface area contributed by atoms with E-state index < -0.39 is 0 Å². The first-order chi connectivity index (χ1) is 13.2. The highest BCUT2D eigenvalue weighted by Gasteiger charge is 2.37. The molecule has 0 saturated carbocycles. The molecule has 4 heterocycles. The van der Waals surface area contributed by atoms with Crippen LogP contribution in [0.2, 0.25) is 0 Å². The van der Waals surface area contributed by atoms with Crippen LogP contribution in [0, 0.1) is 0 Å². The van der Waals surface area contributed by atoms with Crippen molar-refractivity contribution in [3.05, 3.63) is 34.3 Å². The molecule has 6 nitrogen and oxygen atoms in total. The molecule has 5 rings (SSSR count). The summed E-state index contributed by atoms with van der Waals surface area (Å²) < 4.78 is 0. The van der Waals surface area contributed by atoms with Gasteiger partial charge in [-0.1, -0.05) is 18.6 Å². The molecule has 2 bridgehead atoms. The molecule has 27 heavy (non-hydrogen) atoms. The van der Waals surface area contributed by atoms with Crippen LogP contribution in [0.3, 0.4) is 0 Å². The number of carbonyl (C=O) groups is 1. The molecule has 2 saturated heterocycles. The van der Waals surface area contributed by atoms with E-state index in [9.17, 15) is 4.79 Å². The molecule has 1 aliphatic carbocycles. The van der Waals surface area contributed by atoms with Gasteiger partial charge in [-0.2, -0.15) is 5.10 Å². The van der Waals surface area contributed by atoms with Crippen LogP contribution in [0.1, 0.15) is 43.5 Å². The van der Waals surface area contributed by atoms with E-state index >= 15 is 0 Å². The first-order valence-corrected chi connectivity index (χ1v) is 10.6. The van der Waals surface area contributed by atoms with E-state index in [1.165, 1.54) is 19.3 Å². The van der Waals surface area contributed by atoms with Crippen LogP contribution in [0.15, 0.2) is 39.5 Å². The van der Waals surface area contributed by atoms with Gasteiger partial charge in [-0.05, 0) is 38.3 Å². The Hall–Kier alpha value is -2.12. The van der Waals surface area contributed by atoms with E-state index in [-0.39, 0.29) is 11.9 Å². The second kappa shape index (κ2) is 6.80. The van der Waals surface area contributed by atoms with Crippen molar-refractivity contribution in [3.8, 4) is 0 Å².